The van der Waals surface area contributed by atoms with Gasteiger partial charge in [-0.25, -0.2) is 0 Å². The molecule has 0 aromatic carbocycles. The average Bonchev–Trinajstić information content (AvgIpc) is 3.01. The van der Waals surface area contributed by atoms with E-state index in [1.54, 1.807) is 0 Å². The van der Waals surface area contributed by atoms with E-state index in [1.807, 2.05) is 0 Å². The van der Waals surface area contributed by atoms with E-state index in [0.29, 0.717) is 0 Å². The van der Waals surface area contributed by atoms with Gasteiger partial charge in [0.05, 0.1) is 7.98 Å². The summed E-state index contributed by atoms with van der Waals surface area (Å²) in [5.41, 5.74) is 0. The van der Waals surface area contributed by atoms with Gasteiger partial charge in [-0.1, -0.05) is 0 Å². The highest BCUT2D eigenvalue weighted by atomic mass is 16.8. The Labute approximate surface area is 192 Å². The molecule has 0 saturated carbocycles. The lowest BCUT2D eigenvalue weighted by atomic mass is 9.98. The number of ether oxygens (including phenoxy) is 9. The number of aliphatic hydroxyl groups is 1. The number of methoxy groups -OCH3 is 3. The second-order valence-electron chi connectivity index (χ2n) is 7.30. The summed E-state index contributed by atoms with van der Waals surface area (Å²) in [7, 11) is 4.18. The Bertz CT molecular complexity index is 721. The predicted molar refractivity (Wildman–Crippen MR) is 106 cm³/mol. The fourth-order valence-electron chi connectivity index (χ4n) is 3.67. The fourth-order valence-corrected chi connectivity index (χ4v) is 3.67. The van der Waals surface area contributed by atoms with Crippen LogP contribution in [0, 0.1) is 0 Å². The number of esters is 3. The Balaban J connectivity index is 2.41. The zero-order chi connectivity index (χ0) is 25.6. The Kier molecular flexibility index (Phi) is 9.79. The summed E-state index contributed by atoms with van der Waals surface area (Å²) < 4.78 is 57.7. The molecule has 0 unspecified atom stereocenters. The van der Waals surface area contributed by atoms with E-state index in [2.05, 4.69) is 0 Å². The molecule has 2 aliphatic heterocycles. The smallest absolute Gasteiger partial charge is 0.303 e. The summed E-state index contributed by atoms with van der Waals surface area (Å²) in [6.45, 7) is 2.17. The van der Waals surface area contributed by atoms with Crippen LogP contribution in [0.4, 0.5) is 0 Å². The van der Waals surface area contributed by atoms with Gasteiger partial charge in [0.15, 0.2) is 24.8 Å². The number of rotatable bonds is 10. The summed E-state index contributed by atoms with van der Waals surface area (Å²) >= 11 is 0. The van der Waals surface area contributed by atoms with Gasteiger partial charge in [0.2, 0.25) is 0 Å². The topological polar surface area (TPSA) is 155 Å². The average molecular weight is 481 g/mol. The first-order valence-corrected chi connectivity index (χ1v) is 10.2. The van der Waals surface area contributed by atoms with Gasteiger partial charge in [-0.05, 0) is 0 Å². The molecule has 0 amide bonds. The van der Waals surface area contributed by atoms with Gasteiger partial charge in [-0.2, -0.15) is 0 Å². The first-order chi connectivity index (χ1) is 16.0. The minimum atomic E-state index is -2.18. The first kappa shape index (κ1) is 25.7. The molecule has 0 aromatic rings. The zero-order valence-electron chi connectivity index (χ0n) is 20.4. The largest absolute Gasteiger partial charge is 0.463 e. The molecule has 0 aromatic heterocycles. The van der Waals surface area contributed by atoms with Crippen LogP contribution >= 0.6 is 0 Å². The molecule has 0 radical (unpaired) electrons. The van der Waals surface area contributed by atoms with Crippen molar-refractivity contribution in [2.75, 3.05) is 34.5 Å². The quantitative estimate of drug-likeness (QED) is 0.297. The van der Waals surface area contributed by atoms with E-state index in [0.717, 1.165) is 20.8 Å². The second kappa shape index (κ2) is 12.6. The Morgan fingerprint density at radius 3 is 1.88 bits per heavy atom. The predicted octanol–water partition coefficient (Wildman–Crippen LogP) is -1.08. The lowest BCUT2D eigenvalue weighted by Crippen LogP contribution is -2.62. The van der Waals surface area contributed by atoms with Crippen LogP contribution in [0.3, 0.4) is 0 Å². The monoisotopic (exact) mass is 481 g/mol. The maximum Gasteiger partial charge on any atom is 0.303 e. The highest BCUT2D eigenvalue weighted by Gasteiger charge is 2.55. The van der Waals surface area contributed by atoms with Crippen molar-refractivity contribution in [3.8, 4) is 0 Å². The van der Waals surface area contributed by atoms with Crippen LogP contribution in [-0.4, -0.2) is 113 Å². The molecule has 190 valence electrons. The molecule has 13 heteroatoms. The highest BCUT2D eigenvalue weighted by Crippen LogP contribution is 2.34. The normalized spacial score (nSPS) is 38.9. The summed E-state index contributed by atoms with van der Waals surface area (Å²) in [5.74, 6) is -2.27. The van der Waals surface area contributed by atoms with E-state index in [1.165, 1.54) is 21.3 Å². The molecule has 2 heterocycles. The maximum atomic E-state index is 11.8. The van der Waals surface area contributed by atoms with E-state index >= 15 is 0 Å². The van der Waals surface area contributed by atoms with Crippen molar-refractivity contribution in [2.45, 2.75) is 76.1 Å². The molecule has 0 spiro atoms. The van der Waals surface area contributed by atoms with Gasteiger partial charge < -0.3 is 47.7 Å². The van der Waals surface area contributed by atoms with Gasteiger partial charge in [0.25, 0.3) is 0 Å². The number of hydrogen-bond donors (Lipinski definition) is 1. The van der Waals surface area contributed by atoms with Gasteiger partial charge in [0, 0.05) is 42.1 Å². The Hall–Kier alpha value is -1.87. The zero-order valence-corrected chi connectivity index (χ0v) is 19.4. The SMILES string of the molecule is [2H][C@]1(COC(C)=O)O[C@H](O[C@H]2[C@H](OC)[C@@H](OC)[C@@H](OC)O[C@@H]2CO)[C@@H](OC(C)=O)[C@@H]1OC(C)=O. The van der Waals surface area contributed by atoms with Crippen LogP contribution in [0.2, 0.25) is 0 Å². The van der Waals surface area contributed by atoms with Crippen molar-refractivity contribution in [1.29, 1.82) is 0 Å². The van der Waals surface area contributed by atoms with Crippen molar-refractivity contribution >= 4 is 17.9 Å². The van der Waals surface area contributed by atoms with Gasteiger partial charge in [-0.15, -0.1) is 0 Å². The number of aliphatic hydroxyl groups excluding tert-OH is 1. The van der Waals surface area contributed by atoms with Gasteiger partial charge in [-0.3, -0.25) is 14.4 Å². The van der Waals surface area contributed by atoms with Crippen LogP contribution in [0.1, 0.15) is 22.1 Å². The van der Waals surface area contributed by atoms with Crippen LogP contribution < -0.4 is 0 Å². The van der Waals surface area contributed by atoms with Crippen molar-refractivity contribution in [3.63, 3.8) is 0 Å². The van der Waals surface area contributed by atoms with Gasteiger partial charge >= 0.3 is 17.9 Å². The van der Waals surface area contributed by atoms with Crippen molar-refractivity contribution in [1.82, 2.24) is 0 Å². The molecule has 2 rings (SSSR count). The maximum absolute atomic E-state index is 11.8. The third kappa shape index (κ3) is 6.82. The standard InChI is InChI=1S/C20H32O13/c1-9(22)28-8-13-15(29-10(2)23)18(30-11(3)24)20(32-13)33-14-12(7-21)31-19(27-6)17(26-5)16(14)25-4/h12-21H,7-8H2,1-6H3/t12-,13-,14-,15-,16+,17-,18+,19+,20-/m1/s1/i13D. The molecule has 0 aliphatic carbocycles. The summed E-state index contributed by atoms with van der Waals surface area (Å²) in [5, 5.41) is 9.90. The van der Waals surface area contributed by atoms with Crippen LogP contribution in [0.25, 0.3) is 0 Å². The van der Waals surface area contributed by atoms with Gasteiger partial charge in [0.1, 0.15) is 37.1 Å². The summed E-state index contributed by atoms with van der Waals surface area (Å²) in [6.07, 6.45) is -11.2. The highest BCUT2D eigenvalue weighted by molar-refractivity contribution is 5.68. The first-order valence-electron chi connectivity index (χ1n) is 10.7. The van der Waals surface area contributed by atoms with E-state index < -0.39 is 86.4 Å². The van der Waals surface area contributed by atoms with Crippen molar-refractivity contribution < 1.29 is 63.5 Å². The lowest BCUT2D eigenvalue weighted by Gasteiger charge is -2.45. The molecule has 2 fully saturated rings. The minimum Gasteiger partial charge on any atom is -0.463 e. The van der Waals surface area contributed by atoms with Crippen LogP contribution in [-0.2, 0) is 57.0 Å². The third-order valence-electron chi connectivity index (χ3n) is 5.00. The van der Waals surface area contributed by atoms with Crippen LogP contribution in [0.5, 0.6) is 0 Å². The molecule has 2 saturated heterocycles. The van der Waals surface area contributed by atoms with E-state index in [-0.39, 0.29) is 0 Å². The van der Waals surface area contributed by atoms with E-state index in [9.17, 15) is 19.5 Å². The minimum absolute atomic E-state index is 0.515. The fraction of sp³-hybridized carbons (Fsp3) is 0.850. The van der Waals surface area contributed by atoms with E-state index in [4.69, 9.17) is 44.0 Å². The molecule has 1 N–H and O–H groups in total. The Morgan fingerprint density at radius 1 is 0.788 bits per heavy atom. The molecule has 0 bridgehead atoms. The Morgan fingerprint density at radius 2 is 1.39 bits per heavy atom. The summed E-state index contributed by atoms with van der Waals surface area (Å²) in [4.78, 5) is 34.9. The number of carbonyl (C=O) groups is 3. The second-order valence-corrected chi connectivity index (χ2v) is 7.30. The number of hydrogen-bond acceptors (Lipinski definition) is 13. The number of carbonyl (C=O) groups excluding carboxylic acids is 3. The lowest BCUT2D eigenvalue weighted by molar-refractivity contribution is -0.332. The summed E-state index contributed by atoms with van der Waals surface area (Å²) in [6, 6.07) is 0. The van der Waals surface area contributed by atoms with Crippen molar-refractivity contribution in [3.05, 3.63) is 0 Å². The molecular formula is C20H32O13. The molecule has 13 nitrogen and oxygen atoms in total. The molecule has 2 aliphatic rings. The molecular weight excluding hydrogens is 448 g/mol. The molecule has 9 atom stereocenters. The third-order valence-corrected chi connectivity index (χ3v) is 5.00. The van der Waals surface area contributed by atoms with Crippen molar-refractivity contribution in [2.24, 2.45) is 0 Å². The molecule has 33 heavy (non-hydrogen) atoms. The van der Waals surface area contributed by atoms with Crippen LogP contribution in [0.15, 0.2) is 0 Å².